The van der Waals surface area contributed by atoms with E-state index in [0.29, 0.717) is 12.6 Å². The summed E-state index contributed by atoms with van der Waals surface area (Å²) >= 11 is 0. The van der Waals surface area contributed by atoms with Gasteiger partial charge < -0.3 is 15.0 Å². The number of hydrogen-bond donors (Lipinski definition) is 1. The van der Waals surface area contributed by atoms with E-state index < -0.39 is 0 Å². The Labute approximate surface area is 173 Å². The molecule has 1 atom stereocenters. The molecule has 140 valence electrons. The van der Waals surface area contributed by atoms with Gasteiger partial charge in [-0.1, -0.05) is 36.3 Å². The van der Waals surface area contributed by atoms with E-state index in [9.17, 15) is 0 Å². The predicted molar refractivity (Wildman–Crippen MR) is 117 cm³/mol. The van der Waals surface area contributed by atoms with Crippen molar-refractivity contribution in [1.29, 1.82) is 0 Å². The Balaban J connectivity index is 0.00000243. The molecule has 1 aromatic carbocycles. The fraction of sp³-hybridized carbons (Fsp3) is 0.450. The Morgan fingerprint density at radius 3 is 2.85 bits per heavy atom. The standard InChI is InChI=1S/C20H26N4O.HI/c1-3-14-25-19-9-5-4-8-17(19)15-22-20(21-2)24-13-10-18(16-24)23-11-6-7-12-23;/h1,4-9,18H,10-16H2,2H3,(H,21,22);1H. The van der Waals surface area contributed by atoms with E-state index in [1.807, 2.05) is 25.2 Å². The van der Waals surface area contributed by atoms with Crippen molar-refractivity contribution in [1.82, 2.24) is 15.1 Å². The summed E-state index contributed by atoms with van der Waals surface area (Å²) in [6.45, 7) is 5.16. The lowest BCUT2D eigenvalue weighted by atomic mass is 10.2. The topological polar surface area (TPSA) is 40.1 Å². The molecule has 0 aliphatic carbocycles. The van der Waals surface area contributed by atoms with Crippen LogP contribution in [0.2, 0.25) is 0 Å². The number of likely N-dealkylation sites (tertiary alicyclic amines) is 1. The van der Waals surface area contributed by atoms with E-state index in [-0.39, 0.29) is 30.6 Å². The van der Waals surface area contributed by atoms with E-state index in [0.717, 1.165) is 43.5 Å². The monoisotopic (exact) mass is 466 g/mol. The lowest BCUT2D eigenvalue weighted by Gasteiger charge is -2.25. The molecule has 0 saturated carbocycles. The highest BCUT2D eigenvalue weighted by Crippen LogP contribution is 2.20. The third kappa shape index (κ3) is 5.15. The zero-order valence-corrected chi connectivity index (χ0v) is 17.6. The van der Waals surface area contributed by atoms with Crippen molar-refractivity contribution >= 4 is 29.9 Å². The molecule has 0 radical (unpaired) electrons. The molecule has 2 aliphatic heterocycles. The first-order chi connectivity index (χ1) is 12.3. The number of halogens is 1. The first kappa shape index (κ1) is 20.6. The van der Waals surface area contributed by atoms with E-state index in [2.05, 4.69) is 44.2 Å². The summed E-state index contributed by atoms with van der Waals surface area (Å²) in [6.07, 6.45) is 11.0. The molecule has 3 rings (SSSR count). The molecule has 1 aromatic rings. The van der Waals surface area contributed by atoms with Gasteiger partial charge in [-0.05, 0) is 12.5 Å². The van der Waals surface area contributed by atoms with Crippen molar-refractivity contribution in [3.05, 3.63) is 42.0 Å². The van der Waals surface area contributed by atoms with Gasteiger partial charge in [-0.25, -0.2) is 0 Å². The molecule has 0 amide bonds. The van der Waals surface area contributed by atoms with Crippen molar-refractivity contribution in [3.8, 4) is 18.1 Å². The van der Waals surface area contributed by atoms with E-state index >= 15 is 0 Å². The highest BCUT2D eigenvalue weighted by atomic mass is 127. The largest absolute Gasteiger partial charge is 0.481 e. The second kappa shape index (κ2) is 10.4. The minimum atomic E-state index is 0. The van der Waals surface area contributed by atoms with Crippen LogP contribution >= 0.6 is 24.0 Å². The molecule has 1 N–H and O–H groups in total. The van der Waals surface area contributed by atoms with Gasteiger partial charge in [0.15, 0.2) is 5.96 Å². The zero-order valence-electron chi connectivity index (χ0n) is 15.2. The fourth-order valence-corrected chi connectivity index (χ4v) is 3.44. The highest BCUT2D eigenvalue weighted by molar-refractivity contribution is 14.0. The zero-order chi connectivity index (χ0) is 17.5. The normalized spacial score (nSPS) is 19.9. The molecule has 0 aromatic heterocycles. The second-order valence-electron chi connectivity index (χ2n) is 6.32. The van der Waals surface area contributed by atoms with Crippen LogP contribution in [0.1, 0.15) is 12.0 Å². The summed E-state index contributed by atoms with van der Waals surface area (Å²) < 4.78 is 5.62. The van der Waals surface area contributed by atoms with Gasteiger partial charge in [-0.15, -0.1) is 30.4 Å². The Hall–Kier alpha value is -1.72. The van der Waals surface area contributed by atoms with Crippen LogP contribution < -0.4 is 10.1 Å². The van der Waals surface area contributed by atoms with E-state index in [4.69, 9.17) is 11.2 Å². The summed E-state index contributed by atoms with van der Waals surface area (Å²) in [7, 11) is 1.84. The van der Waals surface area contributed by atoms with Crippen LogP contribution in [0.5, 0.6) is 5.75 Å². The van der Waals surface area contributed by atoms with Crippen molar-refractivity contribution in [2.24, 2.45) is 4.99 Å². The van der Waals surface area contributed by atoms with Gasteiger partial charge in [0.25, 0.3) is 0 Å². The van der Waals surface area contributed by atoms with Crippen LogP contribution in [0.25, 0.3) is 0 Å². The van der Waals surface area contributed by atoms with Gasteiger partial charge >= 0.3 is 0 Å². The number of terminal acetylenes is 1. The molecule has 1 saturated heterocycles. The van der Waals surface area contributed by atoms with E-state index in [1.54, 1.807) is 0 Å². The third-order valence-electron chi connectivity index (χ3n) is 4.76. The first-order valence-electron chi connectivity index (χ1n) is 8.80. The van der Waals surface area contributed by atoms with Gasteiger partial charge in [0.2, 0.25) is 0 Å². The van der Waals surface area contributed by atoms with Gasteiger partial charge in [-0.2, -0.15) is 0 Å². The number of hydrogen-bond acceptors (Lipinski definition) is 3. The van der Waals surface area contributed by atoms with Gasteiger partial charge in [0.05, 0.1) is 0 Å². The van der Waals surface area contributed by atoms with Crippen LogP contribution in [-0.2, 0) is 6.54 Å². The van der Waals surface area contributed by atoms with E-state index in [1.165, 1.54) is 6.42 Å². The molecule has 0 bridgehead atoms. The second-order valence-corrected chi connectivity index (χ2v) is 6.32. The van der Waals surface area contributed by atoms with Crippen LogP contribution in [0.4, 0.5) is 0 Å². The number of nitrogens with one attached hydrogen (secondary N) is 1. The van der Waals surface area contributed by atoms with Crippen molar-refractivity contribution in [2.75, 3.05) is 39.8 Å². The molecule has 1 fully saturated rings. The number of aliphatic imine (C=N–C) groups is 1. The molecular formula is C20H27IN4O. The summed E-state index contributed by atoms with van der Waals surface area (Å²) in [5, 5.41) is 3.47. The smallest absolute Gasteiger partial charge is 0.193 e. The molecule has 6 heteroatoms. The fourth-order valence-electron chi connectivity index (χ4n) is 3.44. The number of nitrogens with zero attached hydrogens (tertiary/aromatic N) is 3. The van der Waals surface area contributed by atoms with Crippen LogP contribution in [0.15, 0.2) is 41.4 Å². The molecule has 26 heavy (non-hydrogen) atoms. The van der Waals surface area contributed by atoms with Crippen LogP contribution in [-0.4, -0.2) is 61.6 Å². The molecule has 2 aliphatic rings. The van der Waals surface area contributed by atoms with Crippen LogP contribution in [0, 0.1) is 12.3 Å². The maximum atomic E-state index is 5.62. The number of ether oxygens (including phenoxy) is 1. The molecular weight excluding hydrogens is 439 g/mol. The van der Waals surface area contributed by atoms with Crippen LogP contribution in [0.3, 0.4) is 0 Å². The molecule has 2 heterocycles. The van der Waals surface area contributed by atoms with Crippen molar-refractivity contribution in [3.63, 3.8) is 0 Å². The average Bonchev–Trinajstić information content (AvgIpc) is 3.33. The number of para-hydroxylation sites is 1. The Morgan fingerprint density at radius 2 is 2.12 bits per heavy atom. The predicted octanol–water partition coefficient (Wildman–Crippen LogP) is 2.34. The van der Waals surface area contributed by atoms with Gasteiger partial charge in [-0.3, -0.25) is 9.89 Å². The molecule has 0 spiro atoms. The van der Waals surface area contributed by atoms with Gasteiger partial charge in [0, 0.05) is 51.4 Å². The average molecular weight is 466 g/mol. The Kier molecular flexibility index (Phi) is 8.26. The van der Waals surface area contributed by atoms with Gasteiger partial charge in [0.1, 0.15) is 12.4 Å². The quantitative estimate of drug-likeness (QED) is 0.238. The molecule has 1 unspecified atom stereocenters. The minimum Gasteiger partial charge on any atom is -0.481 e. The Morgan fingerprint density at radius 1 is 1.35 bits per heavy atom. The molecule has 5 nitrogen and oxygen atoms in total. The summed E-state index contributed by atoms with van der Waals surface area (Å²) in [5.74, 6) is 4.28. The lowest BCUT2D eigenvalue weighted by molar-refractivity contribution is 0.259. The summed E-state index contributed by atoms with van der Waals surface area (Å²) in [4.78, 5) is 9.33. The summed E-state index contributed by atoms with van der Waals surface area (Å²) in [5.41, 5.74) is 1.08. The SMILES string of the molecule is C#CCOc1ccccc1CNC(=NC)N1CCC(N2CC=CC2)C1.I. The van der Waals surface area contributed by atoms with Crippen molar-refractivity contribution < 1.29 is 4.74 Å². The van der Waals surface area contributed by atoms with Crippen molar-refractivity contribution in [2.45, 2.75) is 19.0 Å². The number of benzene rings is 1. The maximum absolute atomic E-state index is 5.62. The minimum absolute atomic E-state index is 0. The summed E-state index contributed by atoms with van der Waals surface area (Å²) in [6, 6.07) is 8.58. The third-order valence-corrected chi connectivity index (χ3v) is 4.76. The Bertz CT molecular complexity index is 675. The highest BCUT2D eigenvalue weighted by Gasteiger charge is 2.29. The first-order valence-corrected chi connectivity index (χ1v) is 8.80. The maximum Gasteiger partial charge on any atom is 0.193 e. The number of guanidine groups is 1. The lowest BCUT2D eigenvalue weighted by Crippen LogP contribution is -2.42. The number of rotatable bonds is 5.